The van der Waals surface area contributed by atoms with Crippen LogP contribution in [-0.4, -0.2) is 26.4 Å². The van der Waals surface area contributed by atoms with E-state index < -0.39 is 0 Å². The summed E-state index contributed by atoms with van der Waals surface area (Å²) in [5.41, 5.74) is 0. The molecule has 0 aliphatic rings. The van der Waals surface area contributed by atoms with Gasteiger partial charge in [-0.15, -0.1) is 0 Å². The Morgan fingerprint density at radius 1 is 0.733 bits per heavy atom. The molecular formula is C13H27O2. The Kier molecular flexibility index (Phi) is 13.8. The highest BCUT2D eigenvalue weighted by Gasteiger charge is 1.91. The first-order chi connectivity index (χ1) is 7.41. The van der Waals surface area contributed by atoms with Gasteiger partial charge in [-0.25, -0.2) is 0 Å². The van der Waals surface area contributed by atoms with Gasteiger partial charge < -0.3 is 9.47 Å². The Morgan fingerprint density at radius 2 is 1.27 bits per heavy atom. The first-order valence-electron chi connectivity index (χ1n) is 6.36. The maximum Gasteiger partial charge on any atom is 0.0466 e. The van der Waals surface area contributed by atoms with Gasteiger partial charge in [-0.3, -0.25) is 0 Å². The maximum atomic E-state index is 5.45. The molecule has 0 aliphatic carbocycles. The number of hydrogen-bond donors (Lipinski definition) is 0. The summed E-state index contributed by atoms with van der Waals surface area (Å²) in [7, 11) is 0. The van der Waals surface area contributed by atoms with E-state index in [4.69, 9.17) is 9.47 Å². The van der Waals surface area contributed by atoms with Gasteiger partial charge in [0.2, 0.25) is 0 Å². The lowest BCUT2D eigenvalue weighted by Gasteiger charge is -2.03. The SMILES string of the molecule is [CH2]CCCOCCCCCCCOCC. The van der Waals surface area contributed by atoms with E-state index >= 15 is 0 Å². The fourth-order valence-electron chi connectivity index (χ4n) is 1.39. The van der Waals surface area contributed by atoms with Crippen LogP contribution in [0.3, 0.4) is 0 Å². The predicted octanol–water partition coefficient (Wildman–Crippen LogP) is 3.60. The molecule has 0 heterocycles. The van der Waals surface area contributed by atoms with Crippen LogP contribution in [0.15, 0.2) is 0 Å². The van der Waals surface area contributed by atoms with Gasteiger partial charge in [0.1, 0.15) is 0 Å². The molecule has 2 nitrogen and oxygen atoms in total. The monoisotopic (exact) mass is 215 g/mol. The number of ether oxygens (including phenoxy) is 2. The number of rotatable bonds is 12. The van der Waals surface area contributed by atoms with Crippen molar-refractivity contribution < 1.29 is 9.47 Å². The fraction of sp³-hybridized carbons (Fsp3) is 0.923. The van der Waals surface area contributed by atoms with Crippen LogP contribution in [0, 0.1) is 6.92 Å². The minimum atomic E-state index is 0.847. The van der Waals surface area contributed by atoms with Crippen LogP contribution < -0.4 is 0 Å². The van der Waals surface area contributed by atoms with Crippen molar-refractivity contribution in [3.8, 4) is 0 Å². The minimum absolute atomic E-state index is 0.847. The van der Waals surface area contributed by atoms with Crippen LogP contribution in [0.4, 0.5) is 0 Å². The van der Waals surface area contributed by atoms with E-state index in [0.29, 0.717) is 0 Å². The molecule has 0 aromatic carbocycles. The standard InChI is InChI=1S/C13H27O2/c1-3-5-11-15-13-10-8-6-7-9-12-14-4-2/h1,3-13H2,2H3. The lowest BCUT2D eigenvalue weighted by atomic mass is 10.1. The zero-order valence-corrected chi connectivity index (χ0v) is 10.3. The first kappa shape index (κ1) is 14.9. The van der Waals surface area contributed by atoms with Crippen LogP contribution >= 0.6 is 0 Å². The number of unbranched alkanes of at least 4 members (excludes halogenated alkanes) is 5. The van der Waals surface area contributed by atoms with E-state index in [9.17, 15) is 0 Å². The van der Waals surface area contributed by atoms with Crippen molar-refractivity contribution in [3.05, 3.63) is 6.92 Å². The van der Waals surface area contributed by atoms with Gasteiger partial charge in [0.15, 0.2) is 0 Å². The Labute approximate surface area is 95.3 Å². The van der Waals surface area contributed by atoms with Gasteiger partial charge in [-0.05, 0) is 26.2 Å². The van der Waals surface area contributed by atoms with Crippen molar-refractivity contribution in [2.45, 2.75) is 51.9 Å². The van der Waals surface area contributed by atoms with Gasteiger partial charge in [0.25, 0.3) is 0 Å². The Bertz CT molecular complexity index is 92.7. The van der Waals surface area contributed by atoms with Crippen LogP contribution in [0.5, 0.6) is 0 Å². The third-order valence-electron chi connectivity index (χ3n) is 2.32. The molecule has 2 heteroatoms. The molecule has 0 atom stereocenters. The molecule has 1 radical (unpaired) electrons. The molecule has 0 bridgehead atoms. The molecule has 0 saturated heterocycles. The largest absolute Gasteiger partial charge is 0.382 e. The van der Waals surface area contributed by atoms with E-state index in [-0.39, 0.29) is 0 Å². The quantitative estimate of drug-likeness (QED) is 0.463. The van der Waals surface area contributed by atoms with E-state index in [2.05, 4.69) is 6.92 Å². The lowest BCUT2D eigenvalue weighted by Crippen LogP contribution is -1.97. The van der Waals surface area contributed by atoms with Crippen molar-refractivity contribution in [2.24, 2.45) is 0 Å². The van der Waals surface area contributed by atoms with Crippen molar-refractivity contribution in [1.29, 1.82) is 0 Å². The molecule has 0 spiro atoms. The van der Waals surface area contributed by atoms with Crippen molar-refractivity contribution >= 4 is 0 Å². The topological polar surface area (TPSA) is 18.5 Å². The summed E-state index contributed by atoms with van der Waals surface area (Å²) in [4.78, 5) is 0. The summed E-state index contributed by atoms with van der Waals surface area (Å²) < 4.78 is 10.7. The normalized spacial score (nSPS) is 10.8. The van der Waals surface area contributed by atoms with Gasteiger partial charge in [0, 0.05) is 26.4 Å². The number of hydrogen-bond acceptors (Lipinski definition) is 2. The van der Waals surface area contributed by atoms with Crippen LogP contribution in [0.1, 0.15) is 51.9 Å². The van der Waals surface area contributed by atoms with Gasteiger partial charge in [-0.1, -0.05) is 32.6 Å². The lowest BCUT2D eigenvalue weighted by molar-refractivity contribution is 0.126. The van der Waals surface area contributed by atoms with Crippen LogP contribution in [0.2, 0.25) is 0 Å². The van der Waals surface area contributed by atoms with E-state index in [1.54, 1.807) is 0 Å². The van der Waals surface area contributed by atoms with Gasteiger partial charge in [0.05, 0.1) is 0 Å². The highest BCUT2D eigenvalue weighted by Crippen LogP contribution is 2.03. The summed E-state index contributed by atoms with van der Waals surface area (Å²) in [6.07, 6.45) is 8.37. The second-order valence-corrected chi connectivity index (χ2v) is 3.78. The summed E-state index contributed by atoms with van der Waals surface area (Å²) >= 11 is 0. The molecular weight excluding hydrogens is 188 g/mol. The highest BCUT2D eigenvalue weighted by molar-refractivity contribution is 4.45. The molecule has 0 aromatic heterocycles. The van der Waals surface area contributed by atoms with Crippen LogP contribution in [-0.2, 0) is 9.47 Å². The zero-order valence-electron chi connectivity index (χ0n) is 10.3. The molecule has 0 amide bonds. The fourth-order valence-corrected chi connectivity index (χ4v) is 1.39. The second-order valence-electron chi connectivity index (χ2n) is 3.78. The van der Waals surface area contributed by atoms with E-state index in [0.717, 1.165) is 39.3 Å². The Morgan fingerprint density at radius 3 is 1.87 bits per heavy atom. The van der Waals surface area contributed by atoms with Gasteiger partial charge >= 0.3 is 0 Å². The van der Waals surface area contributed by atoms with E-state index in [1.165, 1.54) is 32.1 Å². The highest BCUT2D eigenvalue weighted by atomic mass is 16.5. The summed E-state index contributed by atoms with van der Waals surface area (Å²) in [6, 6.07) is 0. The molecule has 0 saturated carbocycles. The molecule has 91 valence electrons. The third-order valence-corrected chi connectivity index (χ3v) is 2.32. The minimum Gasteiger partial charge on any atom is -0.382 e. The summed E-state index contributed by atoms with van der Waals surface area (Å²) in [5, 5.41) is 0. The second kappa shape index (κ2) is 13.9. The molecule has 0 N–H and O–H groups in total. The predicted molar refractivity (Wildman–Crippen MR) is 65.0 cm³/mol. The summed E-state index contributed by atoms with van der Waals surface area (Å²) in [5.74, 6) is 0. The van der Waals surface area contributed by atoms with Gasteiger partial charge in [-0.2, -0.15) is 0 Å². The van der Waals surface area contributed by atoms with Crippen molar-refractivity contribution in [2.75, 3.05) is 26.4 Å². The molecule has 0 unspecified atom stereocenters. The van der Waals surface area contributed by atoms with E-state index in [1.807, 2.05) is 6.92 Å². The third kappa shape index (κ3) is 13.9. The smallest absolute Gasteiger partial charge is 0.0466 e. The Hall–Kier alpha value is -0.0800. The van der Waals surface area contributed by atoms with Crippen molar-refractivity contribution in [1.82, 2.24) is 0 Å². The summed E-state index contributed by atoms with van der Waals surface area (Å²) in [6.45, 7) is 9.40. The van der Waals surface area contributed by atoms with Crippen LogP contribution in [0.25, 0.3) is 0 Å². The maximum absolute atomic E-state index is 5.45. The molecule has 0 aromatic rings. The molecule has 0 fully saturated rings. The average Bonchev–Trinajstić information content (AvgIpc) is 2.26. The molecule has 0 aliphatic heterocycles. The Balaban J connectivity index is 2.81. The van der Waals surface area contributed by atoms with Crippen molar-refractivity contribution in [3.63, 3.8) is 0 Å². The molecule has 0 rings (SSSR count). The molecule has 15 heavy (non-hydrogen) atoms. The zero-order chi connectivity index (χ0) is 11.2. The first-order valence-corrected chi connectivity index (χ1v) is 6.36. The average molecular weight is 215 g/mol.